The summed E-state index contributed by atoms with van der Waals surface area (Å²) in [6, 6.07) is 7.16. The summed E-state index contributed by atoms with van der Waals surface area (Å²) in [6.07, 6.45) is 0. The van der Waals surface area contributed by atoms with Crippen molar-refractivity contribution in [3.63, 3.8) is 0 Å². The molecule has 0 saturated heterocycles. The third-order valence-electron chi connectivity index (χ3n) is 2.81. The molecule has 2 aromatic rings. The fourth-order valence-electron chi connectivity index (χ4n) is 1.85. The molecule has 108 valence electrons. The van der Waals surface area contributed by atoms with Crippen LogP contribution in [0.3, 0.4) is 0 Å². The Bertz CT molecular complexity index is 695. The van der Waals surface area contributed by atoms with Crippen LogP contribution in [0.15, 0.2) is 24.3 Å². The minimum absolute atomic E-state index is 0.103. The highest BCUT2D eigenvalue weighted by atomic mass is 16.2. The number of nitrogens with one attached hydrogen (secondary N) is 1. The first-order valence-corrected chi connectivity index (χ1v) is 6.52. The van der Waals surface area contributed by atoms with Gasteiger partial charge in [0.25, 0.3) is 5.91 Å². The normalized spacial score (nSPS) is 9.86. The second-order valence-corrected chi connectivity index (χ2v) is 4.58. The number of hydrogen-bond acceptors (Lipinski definition) is 4. The first-order valence-electron chi connectivity index (χ1n) is 6.52. The summed E-state index contributed by atoms with van der Waals surface area (Å²) in [5.41, 5.74) is 6.69. The molecule has 0 radical (unpaired) electrons. The van der Waals surface area contributed by atoms with Crippen LogP contribution in [0.1, 0.15) is 27.6 Å². The van der Waals surface area contributed by atoms with Gasteiger partial charge in [-0.15, -0.1) is 0 Å². The Kier molecular flexibility index (Phi) is 4.69. The summed E-state index contributed by atoms with van der Waals surface area (Å²) in [4.78, 5) is 18.1. The van der Waals surface area contributed by atoms with Gasteiger partial charge in [-0.25, -0.2) is 4.98 Å². The molecule has 6 heteroatoms. The van der Waals surface area contributed by atoms with E-state index < -0.39 is 0 Å². The molecule has 0 fully saturated rings. The number of aromatic nitrogens is 3. The van der Waals surface area contributed by atoms with Gasteiger partial charge in [0.1, 0.15) is 5.82 Å². The van der Waals surface area contributed by atoms with Gasteiger partial charge in [-0.1, -0.05) is 17.9 Å². The van der Waals surface area contributed by atoms with E-state index in [0.29, 0.717) is 24.5 Å². The topological polar surface area (TPSA) is 87.9 Å². The molecule has 0 aliphatic carbocycles. The van der Waals surface area contributed by atoms with Crippen LogP contribution in [-0.2, 0) is 6.54 Å². The van der Waals surface area contributed by atoms with Crippen LogP contribution in [0.4, 0.5) is 0 Å². The van der Waals surface area contributed by atoms with Crippen LogP contribution in [0.25, 0.3) is 0 Å². The van der Waals surface area contributed by atoms with Crippen molar-refractivity contribution < 1.29 is 4.79 Å². The van der Waals surface area contributed by atoms with Gasteiger partial charge in [-0.2, -0.15) is 5.10 Å². The number of aryl methyl sites for hydroxylation is 1. The van der Waals surface area contributed by atoms with Crippen molar-refractivity contribution in [2.45, 2.75) is 13.5 Å². The van der Waals surface area contributed by atoms with E-state index in [1.807, 2.05) is 13.0 Å². The standard InChI is InChI=1S/C15H17N5O/c1-11-17-14(19-18-11)10-20(2)15(21)13-7-3-5-12(9-13)6-4-8-16/h3,5,7,9H,8,10,16H2,1-2H3,(H,17,18,19). The summed E-state index contributed by atoms with van der Waals surface area (Å²) < 4.78 is 0. The second kappa shape index (κ2) is 6.68. The molecule has 6 nitrogen and oxygen atoms in total. The molecule has 0 bridgehead atoms. The number of benzene rings is 1. The Morgan fingerprint density at radius 3 is 2.95 bits per heavy atom. The molecule has 0 aliphatic heterocycles. The van der Waals surface area contributed by atoms with Gasteiger partial charge in [0.2, 0.25) is 0 Å². The lowest BCUT2D eigenvalue weighted by Crippen LogP contribution is -2.26. The van der Waals surface area contributed by atoms with Crippen LogP contribution in [0, 0.1) is 18.8 Å². The van der Waals surface area contributed by atoms with Crippen molar-refractivity contribution in [2.24, 2.45) is 5.73 Å². The van der Waals surface area contributed by atoms with Crippen molar-refractivity contribution in [3.8, 4) is 11.8 Å². The maximum atomic E-state index is 12.4. The van der Waals surface area contributed by atoms with E-state index in [0.717, 1.165) is 11.4 Å². The SMILES string of the molecule is Cc1nc(CN(C)C(=O)c2cccc(C#CCN)c2)n[nH]1. The average molecular weight is 283 g/mol. The number of rotatable bonds is 3. The van der Waals surface area contributed by atoms with Crippen LogP contribution in [0.5, 0.6) is 0 Å². The fraction of sp³-hybridized carbons (Fsp3) is 0.267. The lowest BCUT2D eigenvalue weighted by Gasteiger charge is -2.15. The minimum atomic E-state index is -0.103. The van der Waals surface area contributed by atoms with Crippen LogP contribution in [0.2, 0.25) is 0 Å². The molecule has 21 heavy (non-hydrogen) atoms. The van der Waals surface area contributed by atoms with Gasteiger partial charge in [-0.05, 0) is 25.1 Å². The predicted octanol–water partition coefficient (Wildman–Crippen LogP) is 0.696. The number of H-pyrrole nitrogens is 1. The first kappa shape index (κ1) is 14.8. The van der Waals surface area contributed by atoms with Crippen LogP contribution in [-0.4, -0.2) is 39.6 Å². The molecule has 0 unspecified atom stereocenters. The number of nitrogens with two attached hydrogens (primary N) is 1. The lowest BCUT2D eigenvalue weighted by atomic mass is 10.1. The summed E-state index contributed by atoms with van der Waals surface area (Å²) in [5, 5.41) is 6.78. The van der Waals surface area contributed by atoms with Crippen LogP contribution >= 0.6 is 0 Å². The molecule has 3 N–H and O–H groups in total. The molecule has 1 heterocycles. The van der Waals surface area contributed by atoms with Crippen molar-refractivity contribution in [2.75, 3.05) is 13.6 Å². The van der Waals surface area contributed by atoms with E-state index in [-0.39, 0.29) is 5.91 Å². The number of amides is 1. The molecule has 0 atom stereocenters. The van der Waals surface area contributed by atoms with E-state index in [9.17, 15) is 4.79 Å². The Hall–Kier alpha value is -2.65. The van der Waals surface area contributed by atoms with Crippen molar-refractivity contribution in [1.29, 1.82) is 0 Å². The highest BCUT2D eigenvalue weighted by Crippen LogP contribution is 2.08. The minimum Gasteiger partial charge on any atom is -0.334 e. The second-order valence-electron chi connectivity index (χ2n) is 4.58. The third kappa shape index (κ3) is 3.91. The van der Waals surface area contributed by atoms with E-state index in [4.69, 9.17) is 5.73 Å². The fourth-order valence-corrected chi connectivity index (χ4v) is 1.85. The Morgan fingerprint density at radius 1 is 1.48 bits per heavy atom. The first-order chi connectivity index (χ1) is 10.1. The third-order valence-corrected chi connectivity index (χ3v) is 2.81. The molecule has 1 aromatic carbocycles. The van der Waals surface area contributed by atoms with Crippen molar-refractivity contribution in [3.05, 3.63) is 47.0 Å². The van der Waals surface area contributed by atoms with E-state index in [1.54, 1.807) is 30.1 Å². The van der Waals surface area contributed by atoms with Crippen molar-refractivity contribution in [1.82, 2.24) is 20.1 Å². The van der Waals surface area contributed by atoms with Gasteiger partial charge in [-0.3, -0.25) is 9.89 Å². The molecule has 2 rings (SSSR count). The molecule has 0 spiro atoms. The maximum absolute atomic E-state index is 12.4. The molecular weight excluding hydrogens is 266 g/mol. The Balaban J connectivity index is 2.11. The largest absolute Gasteiger partial charge is 0.334 e. The number of carbonyl (C=O) groups is 1. The van der Waals surface area contributed by atoms with E-state index in [2.05, 4.69) is 27.0 Å². The number of aromatic amines is 1. The summed E-state index contributed by atoms with van der Waals surface area (Å²) >= 11 is 0. The van der Waals surface area contributed by atoms with Gasteiger partial charge in [0.05, 0.1) is 13.1 Å². The van der Waals surface area contributed by atoms with E-state index >= 15 is 0 Å². The van der Waals surface area contributed by atoms with Gasteiger partial charge < -0.3 is 10.6 Å². The highest BCUT2D eigenvalue weighted by molar-refractivity contribution is 5.94. The molecule has 1 amide bonds. The average Bonchev–Trinajstić information content (AvgIpc) is 2.89. The van der Waals surface area contributed by atoms with Gasteiger partial charge in [0.15, 0.2) is 5.82 Å². The lowest BCUT2D eigenvalue weighted by molar-refractivity contribution is 0.0781. The molecule has 0 aliphatic rings. The zero-order valence-corrected chi connectivity index (χ0v) is 12.1. The monoisotopic (exact) mass is 283 g/mol. The smallest absolute Gasteiger partial charge is 0.254 e. The summed E-state index contributed by atoms with van der Waals surface area (Å²) in [5.74, 6) is 6.90. The molecule has 0 saturated carbocycles. The van der Waals surface area contributed by atoms with Gasteiger partial charge >= 0.3 is 0 Å². The number of carbonyl (C=O) groups excluding carboxylic acids is 1. The molecule has 1 aromatic heterocycles. The predicted molar refractivity (Wildman–Crippen MR) is 79.3 cm³/mol. The van der Waals surface area contributed by atoms with E-state index in [1.165, 1.54) is 0 Å². The van der Waals surface area contributed by atoms with Crippen molar-refractivity contribution >= 4 is 5.91 Å². The number of hydrogen-bond donors (Lipinski definition) is 2. The zero-order valence-electron chi connectivity index (χ0n) is 12.1. The Morgan fingerprint density at radius 2 is 2.29 bits per heavy atom. The number of nitrogens with zero attached hydrogens (tertiary/aromatic N) is 3. The summed E-state index contributed by atoms with van der Waals surface area (Å²) in [6.45, 7) is 2.46. The maximum Gasteiger partial charge on any atom is 0.254 e. The summed E-state index contributed by atoms with van der Waals surface area (Å²) in [7, 11) is 1.71. The zero-order chi connectivity index (χ0) is 15.2. The van der Waals surface area contributed by atoms with Gasteiger partial charge in [0, 0.05) is 18.2 Å². The quantitative estimate of drug-likeness (QED) is 0.811. The molecular formula is C15H17N5O. The van der Waals surface area contributed by atoms with Crippen LogP contribution < -0.4 is 5.73 Å². The Labute approximate surface area is 123 Å². The highest BCUT2D eigenvalue weighted by Gasteiger charge is 2.14.